The average molecular weight is 665 g/mol. The summed E-state index contributed by atoms with van der Waals surface area (Å²) in [6, 6.07) is 66.4. The zero-order valence-corrected chi connectivity index (χ0v) is 29.9. The molecule has 1 atom stereocenters. The minimum Gasteiger partial charge on any atom is -0.0622 e. The van der Waals surface area contributed by atoms with Crippen molar-refractivity contribution < 1.29 is 0 Å². The van der Waals surface area contributed by atoms with Gasteiger partial charge in [-0.2, -0.15) is 0 Å². The number of rotatable bonds is 7. The quantitative estimate of drug-likeness (QED) is 0.149. The second-order valence-corrected chi connectivity index (χ2v) is 17.2. The lowest BCUT2D eigenvalue weighted by atomic mass is 9.93. The molecule has 0 spiro atoms. The van der Waals surface area contributed by atoms with Gasteiger partial charge in [0.25, 0.3) is 0 Å². The molecule has 8 aromatic rings. The molecule has 0 nitrogen and oxygen atoms in total. The fourth-order valence-electron chi connectivity index (χ4n) is 6.93. The van der Waals surface area contributed by atoms with Crippen molar-refractivity contribution in [1.82, 2.24) is 0 Å². The first-order valence-electron chi connectivity index (χ1n) is 16.9. The Labute approximate surface area is 292 Å². The van der Waals surface area contributed by atoms with E-state index >= 15 is 0 Å². The summed E-state index contributed by atoms with van der Waals surface area (Å²) in [5.41, 5.74) is 6.55. The van der Waals surface area contributed by atoms with E-state index in [2.05, 4.69) is 197 Å². The molecule has 0 heterocycles. The number of fused-ring (bicyclic) bond motifs is 2. The highest BCUT2D eigenvalue weighted by Gasteiger charge is 2.28. The molecule has 0 saturated carbocycles. The molecule has 0 amide bonds. The lowest BCUT2D eigenvalue weighted by Crippen LogP contribution is -2.26. The Kier molecular flexibility index (Phi) is 8.70. The first-order valence-corrected chi connectivity index (χ1v) is 19.6. The van der Waals surface area contributed by atoms with Gasteiger partial charge in [0.15, 0.2) is 0 Å². The third-order valence-corrected chi connectivity index (χ3v) is 14.4. The number of aryl methyl sites for hydroxylation is 3. The molecule has 0 bridgehead atoms. The monoisotopic (exact) mass is 664 g/mol. The summed E-state index contributed by atoms with van der Waals surface area (Å²) in [5, 5.41) is 13.4. The molecular weight excluding hydrogens is 626 g/mol. The summed E-state index contributed by atoms with van der Waals surface area (Å²) in [6.07, 6.45) is 0. The number of benzene rings is 8. The van der Waals surface area contributed by atoms with Crippen LogP contribution in [0.3, 0.4) is 0 Å². The fourth-order valence-corrected chi connectivity index (χ4v) is 11.8. The summed E-state index contributed by atoms with van der Waals surface area (Å²) >= 11 is 0. The first-order chi connectivity index (χ1) is 24.0. The molecule has 236 valence electrons. The second kappa shape index (κ2) is 13.6. The molecule has 0 N–H and O–H groups in total. The Morgan fingerprint density at radius 3 is 1.00 bits per heavy atom. The molecule has 1 unspecified atom stereocenters. The molecule has 0 aliphatic carbocycles. The largest absolute Gasteiger partial charge is 0.0622 e. The van der Waals surface area contributed by atoms with E-state index in [9.17, 15) is 0 Å². The van der Waals surface area contributed by atoms with Gasteiger partial charge in [0.1, 0.15) is 0 Å². The van der Waals surface area contributed by atoms with Crippen LogP contribution in [-0.2, 0) is 0 Å². The first kappa shape index (κ1) is 31.4. The summed E-state index contributed by atoms with van der Waals surface area (Å²) in [5.74, 6) is 0. The van der Waals surface area contributed by atoms with Crippen LogP contribution in [0.2, 0.25) is 0 Å². The van der Waals surface area contributed by atoms with E-state index in [0.29, 0.717) is 0 Å². The normalized spacial score (nSPS) is 12.1. The SMILES string of the molecule is Cc1ccc(P(c2ccccc2)c2ccc3ccccc3c2-c2c(P(c3ccc(C)cc3)c3ccc(C)cc3)ccc3ccccc23)cc1. The van der Waals surface area contributed by atoms with Gasteiger partial charge in [-0.3, -0.25) is 0 Å². The fraction of sp³-hybridized carbons (Fsp3) is 0.0638. The molecule has 0 aliphatic heterocycles. The molecule has 8 rings (SSSR count). The van der Waals surface area contributed by atoms with Gasteiger partial charge in [0.05, 0.1) is 0 Å². The van der Waals surface area contributed by atoms with E-state index in [0.717, 1.165) is 0 Å². The maximum Gasteiger partial charge on any atom is -0.000884 e. The Balaban J connectivity index is 1.52. The minimum atomic E-state index is -0.881. The second-order valence-electron chi connectivity index (χ2n) is 12.9. The summed E-state index contributed by atoms with van der Waals surface area (Å²) in [6.45, 7) is 6.54. The molecule has 0 aliphatic rings. The predicted octanol–water partition coefficient (Wildman–Crippen LogP) is 10.1. The van der Waals surface area contributed by atoms with E-state index in [1.807, 2.05) is 0 Å². The molecule has 0 saturated heterocycles. The van der Waals surface area contributed by atoms with Crippen molar-refractivity contribution in [3.63, 3.8) is 0 Å². The molecule has 8 aromatic carbocycles. The van der Waals surface area contributed by atoms with Gasteiger partial charge >= 0.3 is 0 Å². The van der Waals surface area contributed by atoms with Crippen LogP contribution in [0.5, 0.6) is 0 Å². The summed E-state index contributed by atoms with van der Waals surface area (Å²) in [7, 11) is -1.75. The van der Waals surface area contributed by atoms with Gasteiger partial charge in [-0.05, 0) is 101 Å². The van der Waals surface area contributed by atoms with Crippen LogP contribution in [0.25, 0.3) is 32.7 Å². The van der Waals surface area contributed by atoms with Crippen molar-refractivity contribution in [2.24, 2.45) is 0 Å². The van der Waals surface area contributed by atoms with Gasteiger partial charge < -0.3 is 0 Å². The zero-order chi connectivity index (χ0) is 33.3. The van der Waals surface area contributed by atoms with Gasteiger partial charge in [0, 0.05) is 0 Å². The van der Waals surface area contributed by atoms with Crippen LogP contribution in [0.1, 0.15) is 16.7 Å². The number of hydrogen-bond donors (Lipinski definition) is 0. The maximum absolute atomic E-state index is 2.44. The third-order valence-electron chi connectivity index (χ3n) is 9.44. The van der Waals surface area contributed by atoms with E-state index in [1.165, 1.54) is 81.2 Å². The topological polar surface area (TPSA) is 0 Å². The van der Waals surface area contributed by atoms with Gasteiger partial charge in [-0.1, -0.05) is 193 Å². The van der Waals surface area contributed by atoms with Crippen molar-refractivity contribution in [3.8, 4) is 11.1 Å². The van der Waals surface area contributed by atoms with Crippen LogP contribution < -0.4 is 31.8 Å². The lowest BCUT2D eigenvalue weighted by Gasteiger charge is -2.28. The summed E-state index contributed by atoms with van der Waals surface area (Å²) in [4.78, 5) is 0. The highest BCUT2D eigenvalue weighted by atomic mass is 31.1. The van der Waals surface area contributed by atoms with E-state index < -0.39 is 15.8 Å². The molecular formula is C47H38P2. The highest BCUT2D eigenvalue weighted by molar-refractivity contribution is 7.80. The van der Waals surface area contributed by atoms with Crippen molar-refractivity contribution in [2.45, 2.75) is 20.8 Å². The van der Waals surface area contributed by atoms with Crippen molar-refractivity contribution >= 4 is 69.2 Å². The minimum absolute atomic E-state index is 0.873. The standard InChI is InChI=1S/C47H38P2/c1-33-17-25-39(26-18-33)48(38-13-5-4-6-14-38)44-31-23-36-11-7-9-15-42(36)46(44)47-43-16-10-8-12-37(43)24-32-45(47)49(40-27-19-34(2)20-28-40)41-29-21-35(3)22-30-41/h4-32H,1-3H3. The molecule has 0 fully saturated rings. The van der Waals surface area contributed by atoms with Crippen LogP contribution >= 0.6 is 15.8 Å². The maximum atomic E-state index is 2.44. The van der Waals surface area contributed by atoms with E-state index in [4.69, 9.17) is 0 Å². The Morgan fingerprint density at radius 2 is 0.612 bits per heavy atom. The highest BCUT2D eigenvalue weighted by Crippen LogP contribution is 2.45. The predicted molar refractivity (Wildman–Crippen MR) is 219 cm³/mol. The van der Waals surface area contributed by atoms with E-state index in [1.54, 1.807) is 0 Å². The van der Waals surface area contributed by atoms with Crippen LogP contribution in [0.15, 0.2) is 176 Å². The Bertz CT molecular complexity index is 2350. The van der Waals surface area contributed by atoms with E-state index in [-0.39, 0.29) is 0 Å². The molecule has 49 heavy (non-hydrogen) atoms. The van der Waals surface area contributed by atoms with Crippen molar-refractivity contribution in [3.05, 3.63) is 193 Å². The van der Waals surface area contributed by atoms with Gasteiger partial charge in [-0.15, -0.1) is 0 Å². The molecule has 2 heteroatoms. The van der Waals surface area contributed by atoms with Crippen molar-refractivity contribution in [1.29, 1.82) is 0 Å². The average Bonchev–Trinajstić information content (AvgIpc) is 3.14. The van der Waals surface area contributed by atoms with Crippen molar-refractivity contribution in [2.75, 3.05) is 0 Å². The smallest absolute Gasteiger partial charge is 0.000884 e. The lowest BCUT2D eigenvalue weighted by molar-refractivity contribution is 1.49. The zero-order valence-electron chi connectivity index (χ0n) is 28.1. The number of hydrogen-bond acceptors (Lipinski definition) is 0. The summed E-state index contributed by atoms with van der Waals surface area (Å²) < 4.78 is 0. The Morgan fingerprint density at radius 1 is 0.286 bits per heavy atom. The van der Waals surface area contributed by atoms with Crippen LogP contribution in [-0.4, -0.2) is 0 Å². The van der Waals surface area contributed by atoms with Gasteiger partial charge in [0.2, 0.25) is 0 Å². The Hall–Kier alpha value is -4.86. The molecule has 0 aromatic heterocycles. The van der Waals surface area contributed by atoms with Crippen LogP contribution in [0, 0.1) is 20.8 Å². The third kappa shape index (κ3) is 6.13. The van der Waals surface area contributed by atoms with Crippen LogP contribution in [0.4, 0.5) is 0 Å². The van der Waals surface area contributed by atoms with Gasteiger partial charge in [-0.25, -0.2) is 0 Å². The molecule has 0 radical (unpaired) electrons.